The Kier molecular flexibility index (Phi) is 5.50. The zero-order valence-corrected chi connectivity index (χ0v) is 18.7. The Morgan fingerprint density at radius 2 is 1.97 bits per heavy atom. The third-order valence-electron chi connectivity index (χ3n) is 4.62. The Bertz CT molecular complexity index is 1300. The van der Waals surface area contributed by atoms with Gasteiger partial charge in [-0.05, 0) is 62.3 Å². The average Bonchev–Trinajstić information content (AvgIpc) is 3.27. The van der Waals surface area contributed by atoms with Crippen molar-refractivity contribution >= 4 is 56.8 Å². The molecule has 2 N–H and O–H groups in total. The summed E-state index contributed by atoms with van der Waals surface area (Å²) in [5.74, 6) is 0.409. The average molecular weight is 457 g/mol. The van der Waals surface area contributed by atoms with Gasteiger partial charge in [0.05, 0.1) is 0 Å². The highest BCUT2D eigenvalue weighted by Gasteiger charge is 2.15. The van der Waals surface area contributed by atoms with Crippen molar-refractivity contribution in [1.29, 1.82) is 0 Å². The molecule has 2 aromatic carbocycles. The van der Waals surface area contributed by atoms with Gasteiger partial charge in [0, 0.05) is 21.8 Å². The molecule has 0 aliphatic heterocycles. The number of fused-ring (bicyclic) bond motifs is 1. The fourth-order valence-corrected chi connectivity index (χ4v) is 4.24. The van der Waals surface area contributed by atoms with Crippen LogP contribution in [-0.2, 0) is 0 Å². The van der Waals surface area contributed by atoms with Crippen molar-refractivity contribution in [1.82, 2.24) is 25.1 Å². The predicted molar refractivity (Wildman–Crippen MR) is 123 cm³/mol. The van der Waals surface area contributed by atoms with Gasteiger partial charge in [0.25, 0.3) is 5.91 Å². The zero-order valence-electron chi connectivity index (χ0n) is 16.4. The van der Waals surface area contributed by atoms with Crippen LogP contribution in [0.3, 0.4) is 0 Å². The number of nitrogens with zero attached hydrogens (tertiary/aromatic N) is 4. The quantitative estimate of drug-likeness (QED) is 0.440. The molecule has 30 heavy (non-hydrogen) atoms. The maximum Gasteiger partial charge on any atom is 0.257 e. The fraction of sp³-hybridized carbons (Fsp3) is 0.150. The monoisotopic (exact) mass is 456 g/mol. The molecule has 4 aromatic rings. The van der Waals surface area contributed by atoms with Crippen LogP contribution in [0.5, 0.6) is 0 Å². The zero-order chi connectivity index (χ0) is 21.4. The van der Waals surface area contributed by atoms with Crippen molar-refractivity contribution in [2.45, 2.75) is 20.8 Å². The third kappa shape index (κ3) is 3.91. The first kappa shape index (κ1) is 20.4. The van der Waals surface area contributed by atoms with Gasteiger partial charge in [0.2, 0.25) is 4.96 Å². The van der Waals surface area contributed by atoms with Gasteiger partial charge in [-0.1, -0.05) is 41.1 Å². The minimum atomic E-state index is -0.327. The molecule has 152 valence electrons. The number of amides is 1. The summed E-state index contributed by atoms with van der Waals surface area (Å²) in [4.78, 5) is 13.2. The first-order chi connectivity index (χ1) is 14.3. The maximum absolute atomic E-state index is 12.5. The van der Waals surface area contributed by atoms with Crippen LogP contribution < -0.4 is 10.6 Å². The molecule has 1 amide bonds. The molecule has 0 radical (unpaired) electrons. The smallest absolute Gasteiger partial charge is 0.257 e. The van der Waals surface area contributed by atoms with E-state index in [1.54, 1.807) is 22.7 Å². The van der Waals surface area contributed by atoms with Gasteiger partial charge in [-0.15, -0.1) is 10.2 Å². The molecule has 0 saturated heterocycles. The molecule has 0 bridgehead atoms. The van der Waals surface area contributed by atoms with Crippen LogP contribution in [0.4, 0.5) is 5.69 Å². The summed E-state index contributed by atoms with van der Waals surface area (Å²) in [6.07, 6.45) is 0. The highest BCUT2D eigenvalue weighted by atomic mass is 35.5. The minimum absolute atomic E-state index is 0.200. The third-order valence-corrected chi connectivity index (χ3v) is 6.16. The van der Waals surface area contributed by atoms with Crippen LogP contribution in [0.1, 0.15) is 27.3 Å². The first-order valence-corrected chi connectivity index (χ1v) is 10.6. The second-order valence-electron chi connectivity index (χ2n) is 6.70. The Labute approximate surface area is 187 Å². The first-order valence-electron chi connectivity index (χ1n) is 9.01. The van der Waals surface area contributed by atoms with E-state index in [2.05, 4.69) is 25.9 Å². The molecular formula is C20H17ClN6OS2. The van der Waals surface area contributed by atoms with Crippen LogP contribution in [-0.4, -0.2) is 30.8 Å². The Morgan fingerprint density at radius 1 is 1.17 bits per heavy atom. The van der Waals surface area contributed by atoms with Crippen molar-refractivity contribution in [3.8, 4) is 10.6 Å². The summed E-state index contributed by atoms with van der Waals surface area (Å²) in [6.45, 7) is 5.71. The van der Waals surface area contributed by atoms with Crippen LogP contribution in [0.15, 0.2) is 36.4 Å². The number of aryl methyl sites for hydroxylation is 2. The highest BCUT2D eigenvalue weighted by Crippen LogP contribution is 2.31. The van der Waals surface area contributed by atoms with Crippen LogP contribution in [0.2, 0.25) is 5.02 Å². The van der Waals surface area contributed by atoms with Crippen molar-refractivity contribution in [3.05, 3.63) is 63.9 Å². The Morgan fingerprint density at radius 3 is 2.70 bits per heavy atom. The number of anilines is 1. The number of benzene rings is 2. The SMILES string of the molecule is Cc1ccc(C(=O)NC(=S)Nc2cccc(-c3nn4c(C)nnc4s3)c2C)cc1Cl. The van der Waals surface area contributed by atoms with Crippen molar-refractivity contribution in [3.63, 3.8) is 0 Å². The number of thiocarbonyl (C=S) groups is 1. The Hall–Kier alpha value is -2.88. The van der Waals surface area contributed by atoms with E-state index in [1.807, 2.05) is 39.0 Å². The number of halogens is 1. The molecule has 4 rings (SSSR count). The summed E-state index contributed by atoms with van der Waals surface area (Å²) in [5.41, 5.74) is 4.03. The molecule has 0 fully saturated rings. The lowest BCUT2D eigenvalue weighted by atomic mass is 10.1. The summed E-state index contributed by atoms with van der Waals surface area (Å²) < 4.78 is 1.72. The second-order valence-corrected chi connectivity index (χ2v) is 8.47. The molecular weight excluding hydrogens is 440 g/mol. The summed E-state index contributed by atoms with van der Waals surface area (Å²) in [6, 6.07) is 10.9. The van der Waals surface area contributed by atoms with E-state index >= 15 is 0 Å². The van der Waals surface area contributed by atoms with E-state index in [0.29, 0.717) is 10.6 Å². The topological polar surface area (TPSA) is 84.2 Å². The molecule has 7 nitrogen and oxygen atoms in total. The van der Waals surface area contributed by atoms with E-state index in [9.17, 15) is 4.79 Å². The molecule has 2 aromatic heterocycles. The van der Waals surface area contributed by atoms with Gasteiger partial charge in [-0.25, -0.2) is 0 Å². The lowest BCUT2D eigenvalue weighted by Crippen LogP contribution is -2.34. The second kappa shape index (κ2) is 8.10. The number of carbonyl (C=O) groups is 1. The van der Waals surface area contributed by atoms with Gasteiger partial charge < -0.3 is 5.32 Å². The summed E-state index contributed by atoms with van der Waals surface area (Å²) >= 11 is 12.9. The molecule has 0 aliphatic carbocycles. The molecule has 2 heterocycles. The van der Waals surface area contributed by atoms with Crippen LogP contribution in [0.25, 0.3) is 15.5 Å². The highest BCUT2D eigenvalue weighted by molar-refractivity contribution is 7.80. The van der Waals surface area contributed by atoms with Gasteiger partial charge in [0.15, 0.2) is 10.9 Å². The van der Waals surface area contributed by atoms with Gasteiger partial charge in [0.1, 0.15) is 5.01 Å². The molecule has 0 aliphatic rings. The number of carbonyl (C=O) groups excluding carboxylic acids is 1. The Balaban J connectivity index is 1.53. The van der Waals surface area contributed by atoms with Crippen LogP contribution >= 0.6 is 35.2 Å². The van der Waals surface area contributed by atoms with Crippen molar-refractivity contribution in [2.24, 2.45) is 0 Å². The van der Waals surface area contributed by atoms with Crippen molar-refractivity contribution < 1.29 is 4.79 Å². The van der Waals surface area contributed by atoms with Gasteiger partial charge in [-0.2, -0.15) is 9.61 Å². The van der Waals surface area contributed by atoms with E-state index < -0.39 is 0 Å². The summed E-state index contributed by atoms with van der Waals surface area (Å²) in [5, 5.41) is 20.1. The lowest BCUT2D eigenvalue weighted by molar-refractivity contribution is 0.0977. The van der Waals surface area contributed by atoms with E-state index in [4.69, 9.17) is 23.8 Å². The molecule has 0 unspecified atom stereocenters. The number of hydrogen-bond acceptors (Lipinski definition) is 6. The number of rotatable bonds is 3. The van der Waals surface area contributed by atoms with E-state index in [0.717, 1.165) is 38.2 Å². The minimum Gasteiger partial charge on any atom is -0.332 e. The van der Waals surface area contributed by atoms with Crippen LogP contribution in [0, 0.1) is 20.8 Å². The van der Waals surface area contributed by atoms with E-state index in [-0.39, 0.29) is 11.0 Å². The number of hydrogen-bond donors (Lipinski definition) is 2. The molecule has 0 spiro atoms. The molecule has 0 saturated carbocycles. The largest absolute Gasteiger partial charge is 0.332 e. The van der Waals surface area contributed by atoms with E-state index in [1.165, 1.54) is 11.3 Å². The fourth-order valence-electron chi connectivity index (χ4n) is 2.89. The number of nitrogens with one attached hydrogen (secondary N) is 2. The predicted octanol–water partition coefficient (Wildman–Crippen LogP) is 4.56. The summed E-state index contributed by atoms with van der Waals surface area (Å²) in [7, 11) is 0. The van der Waals surface area contributed by atoms with Crippen molar-refractivity contribution in [2.75, 3.05) is 5.32 Å². The maximum atomic E-state index is 12.5. The molecule has 10 heteroatoms. The standard InChI is InChI=1S/C20H17ClN6OS2/c1-10-7-8-13(9-15(10)21)17(28)23-19(29)22-16-6-4-5-14(11(16)2)18-26-27-12(3)24-25-20(27)30-18/h4-9H,1-3H3,(H2,22,23,28,29). The lowest BCUT2D eigenvalue weighted by Gasteiger charge is -2.14. The number of aromatic nitrogens is 4. The normalized spacial score (nSPS) is 10.9. The molecule has 0 atom stereocenters. The van der Waals surface area contributed by atoms with Gasteiger partial charge >= 0.3 is 0 Å². The van der Waals surface area contributed by atoms with Gasteiger partial charge in [-0.3, -0.25) is 10.1 Å².